The van der Waals surface area contributed by atoms with E-state index in [1.165, 1.54) is 0 Å². The number of methoxy groups -OCH3 is 1. The van der Waals surface area contributed by atoms with Gasteiger partial charge in [0.25, 0.3) is 5.91 Å². The van der Waals surface area contributed by atoms with E-state index in [2.05, 4.69) is 5.32 Å². The van der Waals surface area contributed by atoms with Crippen LogP contribution in [-0.2, 0) is 4.79 Å². The molecule has 0 unspecified atom stereocenters. The molecule has 0 fully saturated rings. The van der Waals surface area contributed by atoms with Crippen LogP contribution in [0.5, 0.6) is 11.5 Å². The average molecular weight is 330 g/mol. The molecule has 4 nitrogen and oxygen atoms in total. The number of hydrogen-bond acceptors (Lipinski definition) is 3. The highest BCUT2D eigenvalue weighted by molar-refractivity contribution is 6.36. The Kier molecular flexibility index (Phi) is 4.26. The van der Waals surface area contributed by atoms with Gasteiger partial charge < -0.3 is 14.8 Å². The number of carbonyl (C=O) groups is 1. The zero-order valence-electron chi connectivity index (χ0n) is 12.9. The molecular formula is C18H16ClNO3. The van der Waals surface area contributed by atoms with Crippen LogP contribution in [-0.4, -0.2) is 19.6 Å². The van der Waals surface area contributed by atoms with Crippen LogP contribution in [0.15, 0.2) is 36.4 Å². The second-order valence-electron chi connectivity index (χ2n) is 5.05. The summed E-state index contributed by atoms with van der Waals surface area (Å²) in [5, 5.41) is 3.43. The maximum Gasteiger partial charge on any atom is 0.256 e. The molecule has 23 heavy (non-hydrogen) atoms. The van der Waals surface area contributed by atoms with E-state index in [0.29, 0.717) is 28.7 Å². The van der Waals surface area contributed by atoms with Crippen LogP contribution in [0.1, 0.15) is 18.1 Å². The maximum absolute atomic E-state index is 12.2. The number of amides is 1. The van der Waals surface area contributed by atoms with Crippen LogP contribution in [0.25, 0.3) is 11.6 Å². The number of hydrogen-bond donors (Lipinski definition) is 1. The molecule has 0 spiro atoms. The Labute approximate surface area is 139 Å². The number of ether oxygens (including phenoxy) is 2. The van der Waals surface area contributed by atoms with Gasteiger partial charge in [-0.2, -0.15) is 0 Å². The lowest BCUT2D eigenvalue weighted by atomic mass is 10.0. The molecule has 1 aliphatic heterocycles. The Morgan fingerprint density at radius 3 is 2.74 bits per heavy atom. The molecule has 0 saturated heterocycles. The van der Waals surface area contributed by atoms with Crippen molar-refractivity contribution in [1.82, 2.24) is 0 Å². The quantitative estimate of drug-likeness (QED) is 0.853. The van der Waals surface area contributed by atoms with Gasteiger partial charge >= 0.3 is 0 Å². The molecule has 1 amide bonds. The first-order valence-electron chi connectivity index (χ1n) is 7.26. The van der Waals surface area contributed by atoms with E-state index in [1.54, 1.807) is 25.3 Å². The van der Waals surface area contributed by atoms with Crippen molar-refractivity contribution in [3.8, 4) is 11.5 Å². The second kappa shape index (κ2) is 6.34. The lowest BCUT2D eigenvalue weighted by molar-refractivity contribution is -0.110. The van der Waals surface area contributed by atoms with Gasteiger partial charge in [-0.3, -0.25) is 4.79 Å². The Hall–Kier alpha value is -2.46. The third kappa shape index (κ3) is 3.03. The summed E-state index contributed by atoms with van der Waals surface area (Å²) >= 11 is 6.04. The van der Waals surface area contributed by atoms with Crippen LogP contribution < -0.4 is 14.8 Å². The number of carbonyl (C=O) groups excluding carboxylic acids is 1. The molecule has 118 valence electrons. The minimum Gasteiger partial charge on any atom is -0.493 e. The van der Waals surface area contributed by atoms with Crippen molar-refractivity contribution in [3.63, 3.8) is 0 Å². The minimum absolute atomic E-state index is 0.143. The van der Waals surface area contributed by atoms with E-state index in [1.807, 2.05) is 31.2 Å². The van der Waals surface area contributed by atoms with E-state index < -0.39 is 0 Å². The van der Waals surface area contributed by atoms with E-state index in [0.717, 1.165) is 16.8 Å². The number of anilines is 1. The first kappa shape index (κ1) is 15.4. The van der Waals surface area contributed by atoms with Crippen molar-refractivity contribution in [2.24, 2.45) is 0 Å². The molecule has 2 aromatic carbocycles. The van der Waals surface area contributed by atoms with Crippen LogP contribution >= 0.6 is 11.6 Å². The average Bonchev–Trinajstić information content (AvgIpc) is 2.84. The van der Waals surface area contributed by atoms with Crippen LogP contribution in [0.4, 0.5) is 5.69 Å². The molecule has 2 aromatic rings. The molecule has 1 aliphatic rings. The first-order valence-corrected chi connectivity index (χ1v) is 7.64. The van der Waals surface area contributed by atoms with Crippen molar-refractivity contribution in [2.75, 3.05) is 19.0 Å². The standard InChI is InChI=1S/C18H16ClNO3/c1-3-23-16-7-4-11(9-17(16)22-2)8-14-13-10-12(19)5-6-15(13)20-18(14)21/h4-10H,3H2,1-2H3,(H,20,21)/b14-8+. The number of benzene rings is 2. The summed E-state index contributed by atoms with van der Waals surface area (Å²) in [7, 11) is 1.59. The fraction of sp³-hybridized carbons (Fsp3) is 0.167. The summed E-state index contributed by atoms with van der Waals surface area (Å²) in [5.41, 5.74) is 3.00. The summed E-state index contributed by atoms with van der Waals surface area (Å²) in [6.07, 6.45) is 1.82. The fourth-order valence-corrected chi connectivity index (χ4v) is 2.69. The van der Waals surface area contributed by atoms with E-state index in [-0.39, 0.29) is 5.91 Å². The van der Waals surface area contributed by atoms with Crippen LogP contribution in [0, 0.1) is 0 Å². The first-order chi connectivity index (χ1) is 11.1. The molecule has 0 aliphatic carbocycles. The van der Waals surface area contributed by atoms with Gasteiger partial charge in [0, 0.05) is 21.8 Å². The Morgan fingerprint density at radius 1 is 1.17 bits per heavy atom. The van der Waals surface area contributed by atoms with Gasteiger partial charge in [0.15, 0.2) is 11.5 Å². The van der Waals surface area contributed by atoms with E-state index in [9.17, 15) is 4.79 Å². The second-order valence-corrected chi connectivity index (χ2v) is 5.48. The highest BCUT2D eigenvalue weighted by Gasteiger charge is 2.24. The molecule has 0 aromatic heterocycles. The number of fused-ring (bicyclic) bond motifs is 1. The lowest BCUT2D eigenvalue weighted by Crippen LogP contribution is -2.03. The topological polar surface area (TPSA) is 47.6 Å². The number of rotatable bonds is 4. The highest BCUT2D eigenvalue weighted by atomic mass is 35.5. The number of halogens is 1. The molecule has 0 saturated carbocycles. The molecular weight excluding hydrogens is 314 g/mol. The summed E-state index contributed by atoms with van der Waals surface area (Å²) in [4.78, 5) is 12.2. The summed E-state index contributed by atoms with van der Waals surface area (Å²) in [6.45, 7) is 2.48. The largest absolute Gasteiger partial charge is 0.493 e. The molecule has 1 N–H and O–H groups in total. The van der Waals surface area contributed by atoms with Crippen LogP contribution in [0.3, 0.4) is 0 Å². The Bertz CT molecular complexity index is 799. The predicted octanol–water partition coefficient (Wildman–Crippen LogP) is 4.24. The van der Waals surface area contributed by atoms with E-state index >= 15 is 0 Å². The molecule has 0 radical (unpaired) electrons. The van der Waals surface area contributed by atoms with Crippen molar-refractivity contribution >= 4 is 34.8 Å². The van der Waals surface area contributed by atoms with Gasteiger partial charge in [-0.15, -0.1) is 0 Å². The highest BCUT2D eigenvalue weighted by Crippen LogP contribution is 2.36. The van der Waals surface area contributed by atoms with E-state index in [4.69, 9.17) is 21.1 Å². The summed E-state index contributed by atoms with van der Waals surface area (Å²) in [5.74, 6) is 1.16. The van der Waals surface area contributed by atoms with Crippen molar-refractivity contribution < 1.29 is 14.3 Å². The zero-order chi connectivity index (χ0) is 16.4. The zero-order valence-corrected chi connectivity index (χ0v) is 13.6. The van der Waals surface area contributed by atoms with Gasteiger partial charge in [-0.05, 0) is 48.9 Å². The van der Waals surface area contributed by atoms with Gasteiger partial charge in [0.2, 0.25) is 0 Å². The third-order valence-corrected chi connectivity index (χ3v) is 3.80. The van der Waals surface area contributed by atoms with Crippen molar-refractivity contribution in [3.05, 3.63) is 52.5 Å². The van der Waals surface area contributed by atoms with Gasteiger partial charge in [0.05, 0.1) is 13.7 Å². The maximum atomic E-state index is 12.2. The Morgan fingerprint density at radius 2 is 2.00 bits per heavy atom. The molecule has 0 atom stereocenters. The molecule has 3 rings (SSSR count). The van der Waals surface area contributed by atoms with Crippen LogP contribution in [0.2, 0.25) is 5.02 Å². The molecule has 0 bridgehead atoms. The van der Waals surface area contributed by atoms with Gasteiger partial charge in [-0.25, -0.2) is 0 Å². The SMILES string of the molecule is CCOc1ccc(/C=C2/C(=O)Nc3ccc(Cl)cc32)cc1OC. The third-order valence-electron chi connectivity index (χ3n) is 3.56. The molecule has 1 heterocycles. The van der Waals surface area contributed by atoms with Crippen molar-refractivity contribution in [1.29, 1.82) is 0 Å². The molecule has 5 heteroatoms. The van der Waals surface area contributed by atoms with Crippen molar-refractivity contribution in [2.45, 2.75) is 6.92 Å². The van der Waals surface area contributed by atoms with Gasteiger partial charge in [0.1, 0.15) is 0 Å². The lowest BCUT2D eigenvalue weighted by Gasteiger charge is -2.10. The number of nitrogens with one attached hydrogen (secondary N) is 1. The van der Waals surface area contributed by atoms with Gasteiger partial charge in [-0.1, -0.05) is 17.7 Å². The summed E-state index contributed by atoms with van der Waals surface area (Å²) in [6, 6.07) is 10.9. The normalized spacial score (nSPS) is 14.6. The smallest absolute Gasteiger partial charge is 0.256 e. The monoisotopic (exact) mass is 329 g/mol. The fourth-order valence-electron chi connectivity index (χ4n) is 2.52. The summed E-state index contributed by atoms with van der Waals surface area (Å²) < 4.78 is 10.8. The Balaban J connectivity index is 2.02. The predicted molar refractivity (Wildman–Crippen MR) is 92.1 cm³/mol. The minimum atomic E-state index is -0.143.